The van der Waals surface area contributed by atoms with Crippen LogP contribution in [0.25, 0.3) is 0 Å². The number of methoxy groups -OCH3 is 1. The molecule has 3 rings (SSSR count). The van der Waals surface area contributed by atoms with Crippen molar-refractivity contribution >= 4 is 17.5 Å². The fraction of sp³-hybridized carbons (Fsp3) is 0.333. The molecule has 1 amide bonds. The van der Waals surface area contributed by atoms with E-state index >= 15 is 0 Å². The highest BCUT2D eigenvalue weighted by molar-refractivity contribution is 6.20. The summed E-state index contributed by atoms with van der Waals surface area (Å²) < 4.78 is 24.3. The average Bonchev–Trinajstić information content (AvgIpc) is 3.45. The molecule has 0 spiro atoms. The van der Waals surface area contributed by atoms with E-state index in [1.807, 2.05) is 0 Å². The molecule has 2 aromatic rings. The van der Waals surface area contributed by atoms with Gasteiger partial charge in [-0.05, 0) is 36.6 Å². The van der Waals surface area contributed by atoms with Gasteiger partial charge in [-0.1, -0.05) is 17.7 Å². The van der Waals surface area contributed by atoms with E-state index in [1.165, 1.54) is 25.4 Å². The summed E-state index contributed by atoms with van der Waals surface area (Å²) in [5.74, 6) is 0.0348. The lowest BCUT2D eigenvalue weighted by Gasteiger charge is -2.15. The largest absolute Gasteiger partial charge is 0.494 e. The molecule has 132 valence electrons. The molecule has 1 atom stereocenters. The number of halogens is 2. The van der Waals surface area contributed by atoms with Gasteiger partial charge < -0.3 is 14.8 Å². The van der Waals surface area contributed by atoms with Crippen molar-refractivity contribution in [2.45, 2.75) is 24.9 Å². The summed E-state index contributed by atoms with van der Waals surface area (Å²) in [6.07, 6.45) is 5.03. The number of carbonyl (C=O) groups is 1. The Kier molecular flexibility index (Phi) is 5.38. The molecule has 1 unspecified atom stereocenters. The van der Waals surface area contributed by atoms with Gasteiger partial charge in [0.1, 0.15) is 5.75 Å². The average molecular weight is 365 g/mol. The van der Waals surface area contributed by atoms with Gasteiger partial charge in [0.15, 0.2) is 17.1 Å². The smallest absolute Gasteiger partial charge is 0.256 e. The van der Waals surface area contributed by atoms with Gasteiger partial charge >= 0.3 is 0 Å². The Morgan fingerprint density at radius 2 is 2.20 bits per heavy atom. The zero-order valence-electron chi connectivity index (χ0n) is 13.7. The van der Waals surface area contributed by atoms with Gasteiger partial charge in [-0.2, -0.15) is 0 Å². The van der Waals surface area contributed by atoms with E-state index in [-0.39, 0.29) is 18.2 Å². The van der Waals surface area contributed by atoms with Crippen LogP contribution in [0.4, 0.5) is 4.39 Å². The molecule has 0 aliphatic heterocycles. The van der Waals surface area contributed by atoms with Crippen molar-refractivity contribution in [2.75, 3.05) is 7.11 Å². The van der Waals surface area contributed by atoms with Gasteiger partial charge in [-0.25, -0.2) is 4.39 Å². The number of nitrogens with zero attached hydrogens (tertiary/aromatic N) is 1. The Morgan fingerprint density at radius 3 is 2.88 bits per heavy atom. The van der Waals surface area contributed by atoms with Crippen LogP contribution in [0.3, 0.4) is 0 Å². The molecule has 0 radical (unpaired) electrons. The Hall–Kier alpha value is -2.34. The lowest BCUT2D eigenvalue weighted by molar-refractivity contribution is 0.0945. The van der Waals surface area contributed by atoms with Crippen molar-refractivity contribution in [3.8, 4) is 11.5 Å². The molecule has 0 saturated heterocycles. The van der Waals surface area contributed by atoms with E-state index in [0.717, 1.165) is 12.8 Å². The molecule has 5 nitrogen and oxygen atoms in total. The highest BCUT2D eigenvalue weighted by Crippen LogP contribution is 2.37. The summed E-state index contributed by atoms with van der Waals surface area (Å²) in [4.78, 5) is 16.4. The fourth-order valence-electron chi connectivity index (χ4n) is 2.33. The third-order valence-electron chi connectivity index (χ3n) is 3.93. The van der Waals surface area contributed by atoms with Gasteiger partial charge in [0, 0.05) is 24.9 Å². The minimum atomic E-state index is -0.478. The number of benzene rings is 1. The van der Waals surface area contributed by atoms with Gasteiger partial charge in [0.25, 0.3) is 5.91 Å². The maximum Gasteiger partial charge on any atom is 0.256 e. The first-order chi connectivity index (χ1) is 12.1. The van der Waals surface area contributed by atoms with Crippen LogP contribution < -0.4 is 14.8 Å². The number of pyridine rings is 1. The third-order valence-corrected chi connectivity index (χ3v) is 4.37. The number of hydrogen-bond donors (Lipinski definition) is 1. The number of nitrogens with one attached hydrogen (secondary N) is 1. The molecule has 1 N–H and O–H groups in total. The van der Waals surface area contributed by atoms with Gasteiger partial charge in [-0.15, -0.1) is 0 Å². The molecule has 25 heavy (non-hydrogen) atoms. The molecule has 1 aliphatic carbocycles. The lowest BCUT2D eigenvalue weighted by Crippen LogP contribution is -2.24. The molecule has 1 aliphatic rings. The number of alkyl halides is 1. The summed E-state index contributed by atoms with van der Waals surface area (Å²) in [6, 6.07) is 6.13. The molecule has 1 aromatic heterocycles. The first kappa shape index (κ1) is 17.5. The normalized spacial score (nSPS) is 14.7. The van der Waals surface area contributed by atoms with Gasteiger partial charge in [0.2, 0.25) is 0 Å². The summed E-state index contributed by atoms with van der Waals surface area (Å²) in [7, 11) is 1.40. The molecule has 1 fully saturated rings. The van der Waals surface area contributed by atoms with E-state index < -0.39 is 11.4 Å². The lowest BCUT2D eigenvalue weighted by atomic mass is 10.2. The summed E-state index contributed by atoms with van der Waals surface area (Å²) >= 11 is 6.18. The molecule has 7 heteroatoms. The summed E-state index contributed by atoms with van der Waals surface area (Å²) in [5, 5.41) is 2.73. The molecule has 1 aromatic carbocycles. The Labute approximate surface area is 150 Å². The van der Waals surface area contributed by atoms with Crippen molar-refractivity contribution in [1.29, 1.82) is 0 Å². The van der Waals surface area contributed by atoms with Crippen LogP contribution in [-0.2, 0) is 6.54 Å². The highest BCUT2D eigenvalue weighted by atomic mass is 35.5. The third kappa shape index (κ3) is 4.39. The summed E-state index contributed by atoms with van der Waals surface area (Å²) in [6.45, 7) is 0.168. The van der Waals surface area contributed by atoms with Crippen LogP contribution >= 0.6 is 11.6 Å². The zero-order chi connectivity index (χ0) is 17.8. The van der Waals surface area contributed by atoms with Crippen LogP contribution in [0.5, 0.6) is 11.5 Å². The SMILES string of the molecule is COc1ccc(CNC(=O)c2cnccc2OC(Cl)C2CC2)cc1F. The second-order valence-corrected chi connectivity index (χ2v) is 6.26. The van der Waals surface area contributed by atoms with Crippen LogP contribution in [0, 0.1) is 11.7 Å². The Bertz CT molecular complexity index is 768. The quantitative estimate of drug-likeness (QED) is 0.764. The number of ether oxygens (including phenoxy) is 2. The Morgan fingerprint density at radius 1 is 1.40 bits per heavy atom. The maximum absolute atomic E-state index is 13.7. The topological polar surface area (TPSA) is 60.5 Å². The predicted molar refractivity (Wildman–Crippen MR) is 91.4 cm³/mol. The maximum atomic E-state index is 13.7. The molecule has 1 heterocycles. The standard InChI is InChI=1S/C18H18ClFN2O3/c1-24-16-5-2-11(8-14(16)20)9-22-18(23)13-10-21-7-6-15(13)25-17(19)12-3-4-12/h2,5-8,10,12,17H,3-4,9H2,1H3,(H,22,23). The second-order valence-electron chi connectivity index (χ2n) is 5.83. The van der Waals surface area contributed by atoms with Crippen LogP contribution in [-0.4, -0.2) is 23.6 Å². The second kappa shape index (κ2) is 7.70. The summed E-state index contributed by atoms with van der Waals surface area (Å²) in [5.41, 5.74) is 0.457. The number of rotatable bonds is 7. The first-order valence-corrected chi connectivity index (χ1v) is 8.37. The fourth-order valence-corrected chi connectivity index (χ4v) is 2.68. The van der Waals surface area contributed by atoms with E-state index in [2.05, 4.69) is 10.3 Å². The van der Waals surface area contributed by atoms with E-state index in [4.69, 9.17) is 21.1 Å². The molecular weight excluding hydrogens is 347 g/mol. The van der Waals surface area contributed by atoms with Gasteiger partial charge in [0.05, 0.1) is 12.7 Å². The minimum Gasteiger partial charge on any atom is -0.494 e. The predicted octanol–water partition coefficient (Wildman–Crippen LogP) is 3.51. The number of aromatic nitrogens is 1. The molecular formula is C18H18ClFN2O3. The van der Waals surface area contributed by atoms with Gasteiger partial charge in [-0.3, -0.25) is 9.78 Å². The first-order valence-electron chi connectivity index (χ1n) is 7.94. The Balaban J connectivity index is 1.65. The van der Waals surface area contributed by atoms with E-state index in [0.29, 0.717) is 22.8 Å². The van der Waals surface area contributed by atoms with Crippen molar-refractivity contribution in [3.05, 3.63) is 53.6 Å². The van der Waals surface area contributed by atoms with Crippen LogP contribution in [0.2, 0.25) is 0 Å². The highest BCUT2D eigenvalue weighted by Gasteiger charge is 2.32. The van der Waals surface area contributed by atoms with E-state index in [1.54, 1.807) is 18.3 Å². The van der Waals surface area contributed by atoms with E-state index in [9.17, 15) is 9.18 Å². The number of hydrogen-bond acceptors (Lipinski definition) is 4. The number of carbonyl (C=O) groups excluding carboxylic acids is 1. The molecule has 0 bridgehead atoms. The van der Waals surface area contributed by atoms with Crippen molar-refractivity contribution in [2.24, 2.45) is 5.92 Å². The monoisotopic (exact) mass is 364 g/mol. The number of amides is 1. The van der Waals surface area contributed by atoms with Crippen LogP contribution in [0.15, 0.2) is 36.7 Å². The zero-order valence-corrected chi connectivity index (χ0v) is 14.4. The van der Waals surface area contributed by atoms with Crippen molar-refractivity contribution in [3.63, 3.8) is 0 Å². The minimum absolute atomic E-state index is 0.159. The van der Waals surface area contributed by atoms with Crippen LogP contribution in [0.1, 0.15) is 28.8 Å². The molecule has 1 saturated carbocycles. The van der Waals surface area contributed by atoms with Crippen molar-refractivity contribution in [1.82, 2.24) is 10.3 Å². The van der Waals surface area contributed by atoms with Crippen molar-refractivity contribution < 1.29 is 18.7 Å².